The van der Waals surface area contributed by atoms with Gasteiger partial charge in [-0.2, -0.15) is 0 Å². The van der Waals surface area contributed by atoms with Crippen LogP contribution in [-0.4, -0.2) is 62.3 Å². The maximum absolute atomic E-state index is 4.86. The third-order valence-electron chi connectivity index (χ3n) is 2.41. The summed E-state index contributed by atoms with van der Waals surface area (Å²) in [6.07, 6.45) is 1.17. The second-order valence-electron chi connectivity index (χ2n) is 4.07. The highest BCUT2D eigenvalue weighted by Crippen LogP contribution is 2.55. The van der Waals surface area contributed by atoms with Crippen molar-refractivity contribution >= 4 is 7.51 Å². The third kappa shape index (κ3) is 3.28. The van der Waals surface area contributed by atoms with E-state index < -0.39 is 7.51 Å². The van der Waals surface area contributed by atoms with Crippen molar-refractivity contribution in [3.63, 3.8) is 0 Å². The Labute approximate surface area is 95.5 Å². The number of rotatable bonds is 6. The minimum Gasteiger partial charge on any atom is -0.261 e. The van der Waals surface area contributed by atoms with Crippen molar-refractivity contribution in [1.29, 1.82) is 0 Å². The van der Waals surface area contributed by atoms with Gasteiger partial charge in [-0.25, -0.2) is 4.67 Å². The number of hydrogen-bond acceptors (Lipinski definition) is 1. The highest BCUT2D eigenvalue weighted by molar-refractivity contribution is 7.59. The van der Waals surface area contributed by atoms with E-state index in [0.29, 0.717) is 0 Å². The molecule has 0 aliphatic rings. The van der Waals surface area contributed by atoms with E-state index in [1.54, 1.807) is 0 Å². The van der Waals surface area contributed by atoms with Gasteiger partial charge in [-0.3, -0.25) is 14.1 Å². The highest BCUT2D eigenvalue weighted by Gasteiger charge is 2.29. The molecule has 0 aliphatic heterocycles. The molecule has 0 unspecified atom stereocenters. The smallest absolute Gasteiger partial charge is 0.166 e. The Kier molecular flexibility index (Phi) is 6.69. The molecule has 0 saturated heterocycles. The third-order valence-corrected chi connectivity index (χ3v) is 6.33. The lowest BCUT2D eigenvalue weighted by Gasteiger charge is -2.42. The Morgan fingerprint density at radius 1 is 0.933 bits per heavy atom. The molecule has 0 N–H and O–H groups in total. The van der Waals surface area contributed by atoms with Crippen LogP contribution in [0.5, 0.6) is 0 Å². The first-order valence-electron chi connectivity index (χ1n) is 5.58. The summed E-state index contributed by atoms with van der Waals surface area (Å²) in [5.41, 5.74) is 0. The average molecular weight is 234 g/mol. The molecule has 0 fully saturated rings. The molecule has 0 bridgehead atoms. The topological polar surface area (TPSA) is 22.1 Å². The summed E-state index contributed by atoms with van der Waals surface area (Å²) < 4.78 is 11.8. The van der Waals surface area contributed by atoms with Gasteiger partial charge in [0.25, 0.3) is 0 Å². The van der Waals surface area contributed by atoms with Crippen molar-refractivity contribution in [3.05, 3.63) is 0 Å². The molecule has 0 aromatic rings. The van der Waals surface area contributed by atoms with E-state index in [-0.39, 0.29) is 0 Å². The Hall–Kier alpha value is 0.110. The van der Waals surface area contributed by atoms with Gasteiger partial charge in [-0.15, -0.1) is 0 Å². The first kappa shape index (κ1) is 15.1. The summed E-state index contributed by atoms with van der Waals surface area (Å²) in [5.74, 6) is 0. The first-order valence-corrected chi connectivity index (χ1v) is 7.18. The normalized spacial score (nSPS) is 12.9. The summed E-state index contributed by atoms with van der Waals surface area (Å²) in [6.45, 7) is 6.29. The van der Waals surface area contributed by atoms with Gasteiger partial charge in [-0.05, 0) is 48.6 Å². The molecular formula is C10H27N4P. The fourth-order valence-electron chi connectivity index (χ4n) is 1.98. The van der Waals surface area contributed by atoms with E-state index in [1.165, 1.54) is 6.42 Å². The summed E-state index contributed by atoms with van der Waals surface area (Å²) in [7, 11) is 9.05. The molecule has 4 nitrogen and oxygen atoms in total. The molecule has 0 aromatic heterocycles. The Balaban J connectivity index is 5.23. The number of nitrogens with zero attached hydrogens (tertiary/aromatic N) is 4. The van der Waals surface area contributed by atoms with E-state index in [0.717, 1.165) is 13.1 Å². The molecule has 0 heterocycles. The SMILES string of the molecule is CCCN(C)P(=NCC)(N(C)C)N(C)C. The van der Waals surface area contributed by atoms with E-state index in [1.807, 2.05) is 0 Å². The Bertz CT molecular complexity index is 213. The van der Waals surface area contributed by atoms with Gasteiger partial charge in [0.1, 0.15) is 0 Å². The Morgan fingerprint density at radius 3 is 1.67 bits per heavy atom. The standard InChI is InChI=1S/C10H27N4P/c1-8-10-14(7)15(11-9-2,12(3)4)13(5)6/h8-10H2,1-7H3. The van der Waals surface area contributed by atoms with Crippen molar-refractivity contribution in [2.45, 2.75) is 20.3 Å². The van der Waals surface area contributed by atoms with Gasteiger partial charge in [0.2, 0.25) is 0 Å². The van der Waals surface area contributed by atoms with Gasteiger partial charge >= 0.3 is 0 Å². The van der Waals surface area contributed by atoms with Crippen molar-refractivity contribution < 1.29 is 0 Å². The van der Waals surface area contributed by atoms with Gasteiger partial charge in [0.05, 0.1) is 0 Å². The largest absolute Gasteiger partial charge is 0.261 e. The minimum atomic E-state index is -1.62. The average Bonchev–Trinajstić information content (AvgIpc) is 2.13. The van der Waals surface area contributed by atoms with E-state index in [9.17, 15) is 0 Å². The van der Waals surface area contributed by atoms with Crippen LogP contribution in [0.3, 0.4) is 0 Å². The zero-order chi connectivity index (χ0) is 12.1. The van der Waals surface area contributed by atoms with Crippen LogP contribution in [-0.2, 0) is 0 Å². The van der Waals surface area contributed by atoms with Crippen LogP contribution < -0.4 is 0 Å². The highest BCUT2D eigenvalue weighted by atomic mass is 31.2. The zero-order valence-corrected chi connectivity index (χ0v) is 12.3. The van der Waals surface area contributed by atoms with Crippen LogP contribution in [0.15, 0.2) is 4.74 Å². The van der Waals surface area contributed by atoms with Crippen molar-refractivity contribution in [2.24, 2.45) is 4.74 Å². The van der Waals surface area contributed by atoms with Crippen molar-refractivity contribution in [2.75, 3.05) is 48.3 Å². The predicted octanol–water partition coefficient (Wildman–Crippen LogP) is 2.42. The number of hydrogen-bond donors (Lipinski definition) is 0. The summed E-state index contributed by atoms with van der Waals surface area (Å²) in [5, 5.41) is 0. The molecule has 0 atom stereocenters. The van der Waals surface area contributed by atoms with Crippen LogP contribution in [0, 0.1) is 0 Å². The lowest BCUT2D eigenvalue weighted by molar-refractivity contribution is 0.427. The molecule has 0 radical (unpaired) electrons. The molecule has 15 heavy (non-hydrogen) atoms. The predicted molar refractivity (Wildman–Crippen MR) is 70.2 cm³/mol. The van der Waals surface area contributed by atoms with Gasteiger partial charge in [0.15, 0.2) is 7.51 Å². The quantitative estimate of drug-likeness (QED) is 0.659. The van der Waals surface area contributed by atoms with Gasteiger partial charge < -0.3 is 0 Å². The molecule has 0 aromatic carbocycles. The molecule has 0 saturated carbocycles. The minimum absolute atomic E-state index is 0.873. The fourth-order valence-corrected chi connectivity index (χ4v) is 5.48. The molecule has 0 spiro atoms. The van der Waals surface area contributed by atoms with Gasteiger partial charge in [0, 0.05) is 13.1 Å². The fraction of sp³-hybridized carbons (Fsp3) is 1.00. The second-order valence-corrected chi connectivity index (χ2v) is 7.71. The summed E-state index contributed by atoms with van der Waals surface area (Å²) >= 11 is 0. The van der Waals surface area contributed by atoms with Crippen LogP contribution in [0.2, 0.25) is 0 Å². The van der Waals surface area contributed by atoms with Crippen LogP contribution >= 0.6 is 7.51 Å². The molecular weight excluding hydrogens is 207 g/mol. The van der Waals surface area contributed by atoms with E-state index in [4.69, 9.17) is 4.74 Å². The maximum Gasteiger partial charge on any atom is 0.166 e. The maximum atomic E-state index is 4.86. The van der Waals surface area contributed by atoms with Crippen molar-refractivity contribution in [1.82, 2.24) is 14.0 Å². The monoisotopic (exact) mass is 234 g/mol. The lowest BCUT2D eigenvalue weighted by atomic mass is 10.5. The zero-order valence-electron chi connectivity index (χ0n) is 11.4. The van der Waals surface area contributed by atoms with Crippen LogP contribution in [0.1, 0.15) is 20.3 Å². The second kappa shape index (κ2) is 6.64. The van der Waals surface area contributed by atoms with Gasteiger partial charge in [-0.1, -0.05) is 6.92 Å². The molecule has 0 aliphatic carbocycles. The first-order chi connectivity index (χ1) is 6.93. The summed E-state index contributed by atoms with van der Waals surface area (Å²) in [4.78, 5) is 0. The van der Waals surface area contributed by atoms with E-state index in [2.05, 4.69) is 63.1 Å². The Morgan fingerprint density at radius 2 is 1.40 bits per heavy atom. The molecule has 0 rings (SSSR count). The van der Waals surface area contributed by atoms with Crippen molar-refractivity contribution in [3.8, 4) is 0 Å². The summed E-state index contributed by atoms with van der Waals surface area (Å²) in [6, 6.07) is 0. The van der Waals surface area contributed by atoms with Crippen LogP contribution in [0.4, 0.5) is 0 Å². The molecule has 5 heteroatoms. The van der Waals surface area contributed by atoms with E-state index >= 15 is 0 Å². The molecule has 92 valence electrons. The molecule has 0 amide bonds. The van der Waals surface area contributed by atoms with Crippen LogP contribution in [0.25, 0.3) is 0 Å². The lowest BCUT2D eigenvalue weighted by Crippen LogP contribution is -2.33.